The first-order valence-electron chi connectivity index (χ1n) is 3.87. The van der Waals surface area contributed by atoms with Gasteiger partial charge in [-0.25, -0.2) is 0 Å². The Kier molecular flexibility index (Phi) is 5.26. The topological polar surface area (TPSA) is 102 Å². The molecule has 0 spiro atoms. The van der Waals surface area contributed by atoms with Crippen molar-refractivity contribution in [2.75, 3.05) is 14.2 Å². The van der Waals surface area contributed by atoms with Crippen molar-refractivity contribution in [3.05, 3.63) is 0 Å². The number of hydrogen-bond acceptors (Lipinski definition) is 6. The normalized spacial score (nSPS) is 13.6. The Morgan fingerprint density at radius 2 is 1.86 bits per heavy atom. The first kappa shape index (κ1) is 12.4. The van der Waals surface area contributed by atoms with Crippen molar-refractivity contribution in [3.8, 4) is 6.07 Å². The molecule has 0 aliphatic carbocycles. The second kappa shape index (κ2) is 5.94. The molecular formula is C8H12N2O4. The third-order valence-electron chi connectivity index (χ3n) is 1.64. The summed E-state index contributed by atoms with van der Waals surface area (Å²) < 4.78 is 8.69. The minimum Gasteiger partial charge on any atom is -0.468 e. The van der Waals surface area contributed by atoms with Crippen LogP contribution in [0.15, 0.2) is 0 Å². The van der Waals surface area contributed by atoms with E-state index in [9.17, 15) is 9.59 Å². The minimum atomic E-state index is -1.03. The number of carbonyl (C=O) groups is 2. The largest absolute Gasteiger partial charge is 0.468 e. The Hall–Kier alpha value is -1.61. The molecule has 14 heavy (non-hydrogen) atoms. The van der Waals surface area contributed by atoms with Gasteiger partial charge in [0.2, 0.25) is 0 Å². The summed E-state index contributed by atoms with van der Waals surface area (Å²) in [6.45, 7) is 0. The number of methoxy groups -OCH3 is 2. The molecule has 0 aliphatic heterocycles. The first-order valence-corrected chi connectivity index (χ1v) is 3.87. The molecule has 0 aromatic rings. The number of ether oxygens (including phenoxy) is 2. The van der Waals surface area contributed by atoms with Crippen molar-refractivity contribution in [1.82, 2.24) is 0 Å². The van der Waals surface area contributed by atoms with Gasteiger partial charge in [0.1, 0.15) is 12.0 Å². The quantitative estimate of drug-likeness (QED) is 0.595. The maximum Gasteiger partial charge on any atom is 0.323 e. The van der Waals surface area contributed by atoms with Crippen molar-refractivity contribution in [2.24, 2.45) is 11.7 Å². The highest BCUT2D eigenvalue weighted by molar-refractivity contribution is 5.79. The van der Waals surface area contributed by atoms with E-state index in [-0.39, 0.29) is 6.42 Å². The lowest BCUT2D eigenvalue weighted by Gasteiger charge is -2.11. The van der Waals surface area contributed by atoms with Gasteiger partial charge < -0.3 is 15.2 Å². The third kappa shape index (κ3) is 3.41. The van der Waals surface area contributed by atoms with Crippen LogP contribution in [-0.2, 0) is 19.1 Å². The standard InChI is InChI=1S/C8H12N2O4/c1-13-7(11)5(4-9)3-6(10)8(12)14-2/h5-6H,3,10H2,1-2H3/t5?,6-/m0/s1. The van der Waals surface area contributed by atoms with Gasteiger partial charge in [0.05, 0.1) is 20.3 Å². The van der Waals surface area contributed by atoms with E-state index in [1.54, 1.807) is 6.07 Å². The van der Waals surface area contributed by atoms with Gasteiger partial charge in [0.25, 0.3) is 0 Å². The van der Waals surface area contributed by atoms with Crippen LogP contribution in [0.5, 0.6) is 0 Å². The molecule has 0 radical (unpaired) electrons. The number of nitrogens with zero attached hydrogens (tertiary/aromatic N) is 1. The van der Waals surface area contributed by atoms with Crippen LogP contribution in [0.2, 0.25) is 0 Å². The highest BCUT2D eigenvalue weighted by Crippen LogP contribution is 2.07. The molecule has 0 amide bonds. The van der Waals surface area contributed by atoms with Crippen LogP contribution in [-0.4, -0.2) is 32.2 Å². The lowest BCUT2D eigenvalue weighted by atomic mass is 10.0. The summed E-state index contributed by atoms with van der Waals surface area (Å²) >= 11 is 0. The molecule has 2 atom stereocenters. The minimum absolute atomic E-state index is 0.101. The Labute approximate surface area is 81.6 Å². The molecule has 0 saturated heterocycles. The summed E-state index contributed by atoms with van der Waals surface area (Å²) in [5.74, 6) is -2.39. The van der Waals surface area contributed by atoms with Crippen molar-refractivity contribution >= 4 is 11.9 Å². The SMILES string of the molecule is COC(=O)C(C#N)C[C@H](N)C(=O)OC. The molecule has 0 bridgehead atoms. The molecule has 2 N–H and O–H groups in total. The smallest absolute Gasteiger partial charge is 0.323 e. The molecule has 0 aromatic carbocycles. The van der Waals surface area contributed by atoms with Crippen molar-refractivity contribution < 1.29 is 19.1 Å². The lowest BCUT2D eigenvalue weighted by Crippen LogP contribution is -2.35. The van der Waals surface area contributed by atoms with Crippen LogP contribution in [0.25, 0.3) is 0 Å². The first-order chi connectivity index (χ1) is 6.56. The maximum atomic E-state index is 10.9. The van der Waals surface area contributed by atoms with Crippen molar-refractivity contribution in [3.63, 3.8) is 0 Å². The summed E-state index contributed by atoms with van der Waals surface area (Å²) in [7, 11) is 2.35. The van der Waals surface area contributed by atoms with Crippen LogP contribution in [0.4, 0.5) is 0 Å². The van der Waals surface area contributed by atoms with Gasteiger partial charge in [-0.2, -0.15) is 5.26 Å². The number of nitriles is 1. The fraction of sp³-hybridized carbons (Fsp3) is 0.625. The van der Waals surface area contributed by atoms with E-state index in [2.05, 4.69) is 9.47 Å². The summed E-state index contributed by atoms with van der Waals surface area (Å²) in [4.78, 5) is 21.8. The predicted molar refractivity (Wildman–Crippen MR) is 45.7 cm³/mol. The van der Waals surface area contributed by atoms with Crippen LogP contribution in [0, 0.1) is 17.2 Å². The van der Waals surface area contributed by atoms with Crippen molar-refractivity contribution in [1.29, 1.82) is 5.26 Å². The third-order valence-corrected chi connectivity index (χ3v) is 1.64. The Bertz CT molecular complexity index is 259. The molecule has 0 saturated carbocycles. The van der Waals surface area contributed by atoms with Crippen molar-refractivity contribution in [2.45, 2.75) is 12.5 Å². The zero-order chi connectivity index (χ0) is 11.1. The Morgan fingerprint density at radius 3 is 2.21 bits per heavy atom. The molecule has 0 rings (SSSR count). The Balaban J connectivity index is 4.27. The average molecular weight is 200 g/mol. The summed E-state index contributed by atoms with van der Waals surface area (Å²) in [6.07, 6.45) is -0.101. The number of rotatable bonds is 4. The van der Waals surface area contributed by atoms with E-state index in [1.807, 2.05) is 0 Å². The van der Waals surface area contributed by atoms with E-state index in [4.69, 9.17) is 11.0 Å². The van der Waals surface area contributed by atoms with Crippen LogP contribution < -0.4 is 5.73 Å². The Morgan fingerprint density at radius 1 is 1.36 bits per heavy atom. The zero-order valence-electron chi connectivity index (χ0n) is 8.02. The number of nitrogens with two attached hydrogens (primary N) is 1. The highest BCUT2D eigenvalue weighted by Gasteiger charge is 2.25. The van der Waals surface area contributed by atoms with Gasteiger partial charge in [0.15, 0.2) is 0 Å². The number of hydrogen-bond donors (Lipinski definition) is 1. The molecule has 6 nitrogen and oxygen atoms in total. The summed E-state index contributed by atoms with van der Waals surface area (Å²) in [5, 5.41) is 8.57. The van der Waals surface area contributed by atoms with E-state index in [0.717, 1.165) is 7.11 Å². The van der Waals surface area contributed by atoms with E-state index < -0.39 is 23.9 Å². The summed E-state index contributed by atoms with van der Waals surface area (Å²) in [6, 6.07) is 0.718. The van der Waals surface area contributed by atoms with Gasteiger partial charge in [0, 0.05) is 0 Å². The summed E-state index contributed by atoms with van der Waals surface area (Å²) in [5.41, 5.74) is 5.36. The number of esters is 2. The van der Waals surface area contributed by atoms with Crippen LogP contribution >= 0.6 is 0 Å². The molecule has 1 unspecified atom stereocenters. The fourth-order valence-electron chi connectivity index (χ4n) is 0.845. The molecular weight excluding hydrogens is 188 g/mol. The highest BCUT2D eigenvalue weighted by atomic mass is 16.5. The van der Waals surface area contributed by atoms with Gasteiger partial charge in [-0.15, -0.1) is 0 Å². The van der Waals surface area contributed by atoms with Gasteiger partial charge in [-0.05, 0) is 6.42 Å². The second-order valence-corrected chi connectivity index (χ2v) is 2.57. The maximum absolute atomic E-state index is 10.9. The number of carbonyl (C=O) groups excluding carboxylic acids is 2. The average Bonchev–Trinajstić information content (AvgIpc) is 2.22. The van der Waals surface area contributed by atoms with Gasteiger partial charge >= 0.3 is 11.9 Å². The molecule has 78 valence electrons. The van der Waals surface area contributed by atoms with E-state index >= 15 is 0 Å². The zero-order valence-corrected chi connectivity index (χ0v) is 8.02. The second-order valence-electron chi connectivity index (χ2n) is 2.57. The lowest BCUT2D eigenvalue weighted by molar-refractivity contribution is -0.145. The monoisotopic (exact) mass is 200 g/mol. The molecule has 6 heteroatoms. The van der Waals surface area contributed by atoms with Crippen LogP contribution in [0.3, 0.4) is 0 Å². The molecule has 0 fully saturated rings. The molecule has 0 aliphatic rings. The molecule has 0 heterocycles. The van der Waals surface area contributed by atoms with Gasteiger partial charge in [-0.3, -0.25) is 9.59 Å². The molecule has 0 aromatic heterocycles. The predicted octanol–water partition coefficient (Wildman–Crippen LogP) is -0.810. The van der Waals surface area contributed by atoms with Gasteiger partial charge in [-0.1, -0.05) is 0 Å². The fourth-order valence-corrected chi connectivity index (χ4v) is 0.845. The van der Waals surface area contributed by atoms with E-state index in [0.29, 0.717) is 0 Å². The van der Waals surface area contributed by atoms with E-state index in [1.165, 1.54) is 7.11 Å². The van der Waals surface area contributed by atoms with Crippen LogP contribution in [0.1, 0.15) is 6.42 Å².